The van der Waals surface area contributed by atoms with Gasteiger partial charge in [-0.1, -0.05) is 29.2 Å². The first-order valence-corrected chi connectivity index (χ1v) is 7.90. The Kier molecular flexibility index (Phi) is 4.92. The molecule has 0 fully saturated rings. The average molecular weight is 299 g/mol. The molecular formula is C12H13NO4S2. The highest BCUT2D eigenvalue weighted by atomic mass is 32.2. The number of rotatable bonds is 7. The van der Waals surface area contributed by atoms with Crippen molar-refractivity contribution < 1.29 is 18.0 Å². The van der Waals surface area contributed by atoms with Crippen LogP contribution in [0.15, 0.2) is 52.1 Å². The molecule has 1 aromatic heterocycles. The van der Waals surface area contributed by atoms with E-state index < -0.39 is 10.0 Å². The van der Waals surface area contributed by atoms with E-state index in [2.05, 4.69) is 4.89 Å². The zero-order chi connectivity index (χ0) is 13.6. The van der Waals surface area contributed by atoms with Crippen LogP contribution in [0.25, 0.3) is 0 Å². The average Bonchev–Trinajstić information content (AvgIpc) is 2.94. The SMILES string of the molecule is O=S(=O)(NOCCOc1ccccc1)c1cccs1. The summed E-state index contributed by atoms with van der Waals surface area (Å²) < 4.78 is 28.9. The maximum atomic E-state index is 11.7. The van der Waals surface area contributed by atoms with Gasteiger partial charge in [-0.2, -0.15) is 0 Å². The minimum atomic E-state index is -3.57. The van der Waals surface area contributed by atoms with Gasteiger partial charge in [-0.25, -0.2) is 8.42 Å². The van der Waals surface area contributed by atoms with Crippen molar-refractivity contribution in [2.24, 2.45) is 0 Å². The van der Waals surface area contributed by atoms with Crippen LogP contribution in [-0.4, -0.2) is 21.6 Å². The van der Waals surface area contributed by atoms with Crippen LogP contribution in [0.5, 0.6) is 5.75 Å². The summed E-state index contributed by atoms with van der Waals surface area (Å²) >= 11 is 1.13. The monoisotopic (exact) mass is 299 g/mol. The lowest BCUT2D eigenvalue weighted by molar-refractivity contribution is 0.0667. The molecule has 0 aliphatic rings. The molecule has 0 amide bonds. The van der Waals surface area contributed by atoms with Crippen LogP contribution in [0.2, 0.25) is 0 Å². The summed E-state index contributed by atoms with van der Waals surface area (Å²) in [7, 11) is -3.57. The smallest absolute Gasteiger partial charge is 0.271 e. The molecule has 0 bridgehead atoms. The molecule has 7 heteroatoms. The Bertz CT molecular complexity index is 581. The molecule has 0 aliphatic heterocycles. The van der Waals surface area contributed by atoms with Crippen molar-refractivity contribution in [3.05, 3.63) is 47.8 Å². The zero-order valence-electron chi connectivity index (χ0n) is 9.98. The third kappa shape index (κ3) is 4.32. The minimum Gasteiger partial charge on any atom is -0.491 e. The number of sulfonamides is 1. The van der Waals surface area contributed by atoms with Crippen molar-refractivity contribution in [1.29, 1.82) is 0 Å². The first-order valence-electron chi connectivity index (χ1n) is 5.53. The van der Waals surface area contributed by atoms with Gasteiger partial charge in [-0.05, 0) is 23.6 Å². The highest BCUT2D eigenvalue weighted by molar-refractivity contribution is 7.91. The van der Waals surface area contributed by atoms with Crippen LogP contribution in [0.3, 0.4) is 0 Å². The van der Waals surface area contributed by atoms with Crippen LogP contribution in [0.4, 0.5) is 0 Å². The molecule has 2 aromatic rings. The normalized spacial score (nSPS) is 11.4. The molecule has 0 saturated carbocycles. The molecule has 0 atom stereocenters. The highest BCUT2D eigenvalue weighted by Gasteiger charge is 2.14. The van der Waals surface area contributed by atoms with Crippen LogP contribution >= 0.6 is 11.3 Å². The van der Waals surface area contributed by atoms with E-state index in [1.165, 1.54) is 6.07 Å². The van der Waals surface area contributed by atoms with Gasteiger partial charge in [0.15, 0.2) is 0 Å². The second kappa shape index (κ2) is 6.67. The number of hydrogen-bond donors (Lipinski definition) is 1. The number of hydrogen-bond acceptors (Lipinski definition) is 5. The predicted molar refractivity (Wildman–Crippen MR) is 72.5 cm³/mol. The van der Waals surface area contributed by atoms with Gasteiger partial charge in [-0.3, -0.25) is 4.84 Å². The largest absolute Gasteiger partial charge is 0.491 e. The Morgan fingerprint density at radius 2 is 1.84 bits per heavy atom. The van der Waals surface area contributed by atoms with E-state index in [4.69, 9.17) is 9.57 Å². The van der Waals surface area contributed by atoms with Crippen molar-refractivity contribution in [2.75, 3.05) is 13.2 Å². The molecule has 0 spiro atoms. The van der Waals surface area contributed by atoms with Crippen molar-refractivity contribution in [2.45, 2.75) is 4.21 Å². The van der Waals surface area contributed by atoms with Gasteiger partial charge in [0, 0.05) is 0 Å². The van der Waals surface area contributed by atoms with Crippen molar-refractivity contribution in [3.63, 3.8) is 0 Å². The van der Waals surface area contributed by atoms with E-state index in [1.54, 1.807) is 11.4 Å². The van der Waals surface area contributed by atoms with Gasteiger partial charge < -0.3 is 4.74 Å². The summed E-state index contributed by atoms with van der Waals surface area (Å²) in [6.07, 6.45) is 0. The maximum Gasteiger partial charge on any atom is 0.271 e. The first-order chi connectivity index (χ1) is 9.18. The molecule has 0 aliphatic carbocycles. The Balaban J connectivity index is 1.70. The summed E-state index contributed by atoms with van der Waals surface area (Å²) in [4.78, 5) is 6.94. The summed E-state index contributed by atoms with van der Waals surface area (Å²) in [6.45, 7) is 0.385. The molecule has 1 heterocycles. The van der Waals surface area contributed by atoms with Crippen LogP contribution in [-0.2, 0) is 14.9 Å². The zero-order valence-corrected chi connectivity index (χ0v) is 11.6. The van der Waals surface area contributed by atoms with Gasteiger partial charge in [0.1, 0.15) is 23.2 Å². The van der Waals surface area contributed by atoms with E-state index >= 15 is 0 Å². The fourth-order valence-corrected chi connectivity index (χ4v) is 3.10. The summed E-state index contributed by atoms with van der Waals surface area (Å²) in [5.41, 5.74) is 0. The lowest BCUT2D eigenvalue weighted by Crippen LogP contribution is -2.25. The van der Waals surface area contributed by atoms with Gasteiger partial charge in [0.2, 0.25) is 0 Å². The molecular weight excluding hydrogens is 286 g/mol. The fraction of sp³-hybridized carbons (Fsp3) is 0.167. The van der Waals surface area contributed by atoms with Crippen molar-refractivity contribution in [1.82, 2.24) is 4.89 Å². The molecule has 5 nitrogen and oxygen atoms in total. The number of benzene rings is 1. The van der Waals surface area contributed by atoms with Crippen molar-refractivity contribution >= 4 is 21.4 Å². The molecule has 1 N–H and O–H groups in total. The molecule has 19 heavy (non-hydrogen) atoms. The summed E-state index contributed by atoms with van der Waals surface area (Å²) in [5.74, 6) is 0.715. The Labute approximate surface area is 115 Å². The lowest BCUT2D eigenvalue weighted by atomic mass is 10.3. The first kappa shape index (κ1) is 14.0. The standard InChI is InChI=1S/C12H13NO4S2/c14-19(15,12-7-4-10-18-12)13-17-9-8-16-11-5-2-1-3-6-11/h1-7,10,13H,8-9H2. The van der Waals surface area contributed by atoms with Gasteiger partial charge in [0.05, 0.1) is 0 Å². The summed E-state index contributed by atoms with van der Waals surface area (Å²) in [5, 5.41) is 1.69. The summed E-state index contributed by atoms with van der Waals surface area (Å²) in [6, 6.07) is 12.4. The third-order valence-corrected chi connectivity index (χ3v) is 4.74. The van der Waals surface area contributed by atoms with Crippen molar-refractivity contribution in [3.8, 4) is 5.75 Å². The Morgan fingerprint density at radius 1 is 1.05 bits per heavy atom. The van der Waals surface area contributed by atoms with E-state index in [0.717, 1.165) is 11.3 Å². The van der Waals surface area contributed by atoms with Crippen LogP contribution in [0, 0.1) is 0 Å². The minimum absolute atomic E-state index is 0.125. The number of thiophene rings is 1. The predicted octanol–water partition coefficient (Wildman–Crippen LogP) is 2.04. The molecule has 0 unspecified atom stereocenters. The van der Waals surface area contributed by atoms with E-state index in [0.29, 0.717) is 5.75 Å². The van der Waals surface area contributed by atoms with Crippen LogP contribution < -0.4 is 9.62 Å². The second-order valence-electron chi connectivity index (χ2n) is 3.53. The second-order valence-corrected chi connectivity index (χ2v) is 6.35. The Morgan fingerprint density at radius 3 is 2.53 bits per heavy atom. The number of ether oxygens (including phenoxy) is 1. The molecule has 0 saturated heterocycles. The topological polar surface area (TPSA) is 64.6 Å². The lowest BCUT2D eigenvalue weighted by Gasteiger charge is -2.07. The highest BCUT2D eigenvalue weighted by Crippen LogP contribution is 2.15. The molecule has 1 aromatic carbocycles. The maximum absolute atomic E-state index is 11.7. The van der Waals surface area contributed by atoms with Gasteiger partial charge in [0.25, 0.3) is 10.0 Å². The molecule has 2 rings (SSSR count). The molecule has 0 radical (unpaired) electrons. The van der Waals surface area contributed by atoms with E-state index in [-0.39, 0.29) is 17.4 Å². The molecule has 102 valence electrons. The third-order valence-electron chi connectivity index (χ3n) is 2.13. The fourth-order valence-electron chi connectivity index (χ4n) is 1.29. The quantitative estimate of drug-likeness (QED) is 0.627. The Hall–Kier alpha value is -1.41. The number of para-hydroxylation sites is 1. The van der Waals surface area contributed by atoms with E-state index in [9.17, 15) is 8.42 Å². The number of nitrogens with one attached hydrogen (secondary N) is 1. The van der Waals surface area contributed by atoms with Crippen LogP contribution in [0.1, 0.15) is 0 Å². The van der Waals surface area contributed by atoms with Gasteiger partial charge in [-0.15, -0.1) is 11.3 Å². The van der Waals surface area contributed by atoms with Gasteiger partial charge >= 0.3 is 0 Å². The van der Waals surface area contributed by atoms with E-state index in [1.807, 2.05) is 30.3 Å².